The Labute approximate surface area is 152 Å². The molecular formula is C19H21NO5S. The van der Waals surface area contributed by atoms with Gasteiger partial charge in [0.05, 0.1) is 10.5 Å². The van der Waals surface area contributed by atoms with Gasteiger partial charge in [-0.3, -0.25) is 14.4 Å². The maximum atomic E-state index is 12.8. The van der Waals surface area contributed by atoms with Crippen LogP contribution < -0.4 is 5.14 Å². The molecule has 0 aromatic heterocycles. The Bertz CT molecular complexity index is 929. The molecule has 3 rings (SSSR count). The van der Waals surface area contributed by atoms with E-state index in [1.54, 1.807) is 6.92 Å². The van der Waals surface area contributed by atoms with Gasteiger partial charge >= 0.3 is 0 Å². The Morgan fingerprint density at radius 2 is 1.96 bits per heavy atom. The number of benzene rings is 1. The van der Waals surface area contributed by atoms with Crippen LogP contribution in [0.5, 0.6) is 0 Å². The number of rotatable bonds is 4. The fourth-order valence-corrected chi connectivity index (χ4v) is 4.75. The third-order valence-electron chi connectivity index (χ3n) is 5.29. The van der Waals surface area contributed by atoms with E-state index >= 15 is 0 Å². The molecule has 1 aromatic rings. The number of nitrogens with two attached hydrogens (primary N) is 1. The molecule has 1 fully saturated rings. The van der Waals surface area contributed by atoms with E-state index in [1.165, 1.54) is 24.3 Å². The van der Waals surface area contributed by atoms with Crippen LogP contribution in [0.2, 0.25) is 0 Å². The van der Waals surface area contributed by atoms with Crippen molar-refractivity contribution in [3.05, 3.63) is 41.0 Å². The van der Waals surface area contributed by atoms with Crippen molar-refractivity contribution in [2.75, 3.05) is 0 Å². The first-order valence-corrected chi connectivity index (χ1v) is 10.2. The summed E-state index contributed by atoms with van der Waals surface area (Å²) in [5.41, 5.74) is 0.315. The number of allylic oxidation sites excluding steroid dienone is 2. The summed E-state index contributed by atoms with van der Waals surface area (Å²) in [5, 5.41) is 5.17. The number of hydrogen-bond acceptors (Lipinski definition) is 5. The molecule has 1 saturated carbocycles. The predicted octanol–water partition coefficient (Wildman–Crippen LogP) is 2.42. The van der Waals surface area contributed by atoms with Crippen molar-refractivity contribution in [2.45, 2.75) is 43.9 Å². The van der Waals surface area contributed by atoms with E-state index in [0.717, 1.165) is 25.7 Å². The molecule has 1 aromatic carbocycles. The van der Waals surface area contributed by atoms with Crippen molar-refractivity contribution >= 4 is 27.4 Å². The molecule has 6 nitrogen and oxygen atoms in total. The first kappa shape index (κ1) is 18.7. The molecule has 2 N–H and O–H groups in total. The van der Waals surface area contributed by atoms with Crippen LogP contribution in [0.3, 0.4) is 0 Å². The minimum absolute atomic E-state index is 0.0185. The molecule has 26 heavy (non-hydrogen) atoms. The molecule has 0 unspecified atom stereocenters. The molecule has 0 radical (unpaired) electrons. The lowest BCUT2D eigenvalue weighted by atomic mass is 9.75. The lowest BCUT2D eigenvalue weighted by Crippen LogP contribution is -2.26. The van der Waals surface area contributed by atoms with Crippen molar-refractivity contribution in [1.82, 2.24) is 0 Å². The Morgan fingerprint density at radius 1 is 1.23 bits per heavy atom. The number of sulfonamides is 1. The third-order valence-corrected chi connectivity index (χ3v) is 6.24. The summed E-state index contributed by atoms with van der Waals surface area (Å²) >= 11 is 0. The second kappa shape index (κ2) is 6.89. The van der Waals surface area contributed by atoms with Crippen LogP contribution in [-0.2, 0) is 14.8 Å². The lowest BCUT2D eigenvalue weighted by molar-refractivity contribution is -0.122. The molecule has 0 spiro atoms. The zero-order chi connectivity index (χ0) is 19.1. The van der Waals surface area contributed by atoms with Crippen LogP contribution in [-0.4, -0.2) is 25.8 Å². The summed E-state index contributed by atoms with van der Waals surface area (Å²) in [6, 6.07) is 4.10. The zero-order valence-electron chi connectivity index (χ0n) is 14.5. The summed E-state index contributed by atoms with van der Waals surface area (Å²) in [5.74, 6) is -0.500. The number of ketones is 3. The van der Waals surface area contributed by atoms with Crippen LogP contribution in [0.4, 0.5) is 0 Å². The predicted molar refractivity (Wildman–Crippen MR) is 95.3 cm³/mol. The number of hydrogen-bond donors (Lipinski definition) is 1. The van der Waals surface area contributed by atoms with E-state index in [-0.39, 0.29) is 39.4 Å². The second-order valence-electron chi connectivity index (χ2n) is 7.13. The molecule has 2 aliphatic carbocycles. The average molecular weight is 375 g/mol. The lowest BCUT2D eigenvalue weighted by Gasteiger charge is -2.28. The topological polar surface area (TPSA) is 111 Å². The van der Waals surface area contributed by atoms with Gasteiger partial charge < -0.3 is 0 Å². The maximum Gasteiger partial charge on any atom is 0.238 e. The van der Waals surface area contributed by atoms with E-state index in [2.05, 4.69) is 0 Å². The molecule has 2 aliphatic rings. The Morgan fingerprint density at radius 3 is 2.62 bits per heavy atom. The van der Waals surface area contributed by atoms with Gasteiger partial charge in [0.25, 0.3) is 0 Å². The van der Waals surface area contributed by atoms with Crippen LogP contribution in [0.25, 0.3) is 0 Å². The first-order chi connectivity index (χ1) is 12.2. The van der Waals surface area contributed by atoms with Gasteiger partial charge in [-0.15, -0.1) is 0 Å². The van der Waals surface area contributed by atoms with Crippen LogP contribution in [0.15, 0.2) is 34.7 Å². The van der Waals surface area contributed by atoms with Gasteiger partial charge in [-0.1, -0.05) is 25.0 Å². The summed E-state index contributed by atoms with van der Waals surface area (Å²) in [6.07, 6.45) is 5.09. The minimum Gasteiger partial charge on any atom is -0.300 e. The van der Waals surface area contributed by atoms with Crippen molar-refractivity contribution in [1.29, 1.82) is 0 Å². The first-order valence-electron chi connectivity index (χ1n) is 8.64. The second-order valence-corrected chi connectivity index (χ2v) is 8.66. The Kier molecular flexibility index (Phi) is 4.94. The number of carbonyl (C=O) groups is 3. The molecule has 138 valence electrons. The summed E-state index contributed by atoms with van der Waals surface area (Å²) in [4.78, 5) is 36.7. The van der Waals surface area contributed by atoms with Gasteiger partial charge in [-0.05, 0) is 44.2 Å². The van der Waals surface area contributed by atoms with Gasteiger partial charge in [0.15, 0.2) is 11.6 Å². The maximum absolute atomic E-state index is 12.8. The molecule has 0 bridgehead atoms. The largest absolute Gasteiger partial charge is 0.300 e. The number of carbonyl (C=O) groups excluding carboxylic acids is 3. The van der Waals surface area contributed by atoms with E-state index in [1.807, 2.05) is 0 Å². The van der Waals surface area contributed by atoms with Crippen molar-refractivity contribution < 1.29 is 22.8 Å². The number of primary sulfonamides is 1. The quantitative estimate of drug-likeness (QED) is 0.869. The highest BCUT2D eigenvalue weighted by Crippen LogP contribution is 2.36. The van der Waals surface area contributed by atoms with Crippen LogP contribution in [0, 0.1) is 11.8 Å². The van der Waals surface area contributed by atoms with Crippen LogP contribution in [0.1, 0.15) is 59.7 Å². The van der Waals surface area contributed by atoms with Gasteiger partial charge in [0.1, 0.15) is 5.78 Å². The third kappa shape index (κ3) is 3.54. The standard InChI is InChI=1S/C19H21NO5S/c1-11(21)13-5-2-4-12(8-13)9-14-10-16(22)18-15(19(14)23)6-3-7-17(18)26(20,24)25/h3,6-7,10,12-13H,2,4-5,8-9H2,1H3,(H2,20,24,25)/t12-,13+/m0/s1. The summed E-state index contributed by atoms with van der Waals surface area (Å²) in [7, 11) is -4.10. The monoisotopic (exact) mass is 375 g/mol. The highest BCUT2D eigenvalue weighted by Gasteiger charge is 2.33. The molecule has 0 heterocycles. The smallest absolute Gasteiger partial charge is 0.238 e. The van der Waals surface area contributed by atoms with Crippen molar-refractivity contribution in [3.63, 3.8) is 0 Å². The Hall–Kier alpha value is -2.12. The average Bonchev–Trinajstić information content (AvgIpc) is 2.58. The highest BCUT2D eigenvalue weighted by molar-refractivity contribution is 7.89. The van der Waals surface area contributed by atoms with Crippen molar-refractivity contribution in [2.24, 2.45) is 17.0 Å². The van der Waals surface area contributed by atoms with E-state index in [4.69, 9.17) is 5.14 Å². The van der Waals surface area contributed by atoms with E-state index in [9.17, 15) is 22.8 Å². The van der Waals surface area contributed by atoms with Crippen molar-refractivity contribution in [3.8, 4) is 0 Å². The molecule has 0 amide bonds. The Balaban J connectivity index is 1.90. The molecule has 0 saturated heterocycles. The van der Waals surface area contributed by atoms with Gasteiger partial charge in [-0.2, -0.15) is 0 Å². The summed E-state index contributed by atoms with van der Waals surface area (Å²) < 4.78 is 23.4. The van der Waals surface area contributed by atoms with Crippen LogP contribution >= 0.6 is 0 Å². The van der Waals surface area contributed by atoms with E-state index in [0.29, 0.717) is 12.0 Å². The molecule has 0 aliphatic heterocycles. The van der Waals surface area contributed by atoms with Gasteiger partial charge in [0, 0.05) is 17.1 Å². The van der Waals surface area contributed by atoms with E-state index < -0.39 is 15.8 Å². The zero-order valence-corrected chi connectivity index (χ0v) is 15.3. The fraction of sp³-hybridized carbons (Fsp3) is 0.421. The highest BCUT2D eigenvalue weighted by atomic mass is 32.2. The normalized spacial score (nSPS) is 23.4. The number of Topliss-reactive ketones (excluding diaryl/α,β-unsaturated/α-hetero) is 2. The molecular weight excluding hydrogens is 354 g/mol. The molecule has 7 heteroatoms. The molecule has 2 atom stereocenters. The SMILES string of the molecule is CC(=O)[C@@H]1CCC[C@H](CC2=CC(=O)c3c(cccc3S(N)(=O)=O)C2=O)C1. The van der Waals surface area contributed by atoms with Gasteiger partial charge in [0.2, 0.25) is 10.0 Å². The fourth-order valence-electron chi connectivity index (χ4n) is 3.99. The number of fused-ring (bicyclic) bond motifs is 1. The summed E-state index contributed by atoms with van der Waals surface area (Å²) in [6.45, 7) is 1.59. The van der Waals surface area contributed by atoms with Gasteiger partial charge in [-0.25, -0.2) is 13.6 Å². The minimum atomic E-state index is -4.10.